The van der Waals surface area contributed by atoms with E-state index in [1.54, 1.807) is 6.07 Å². The van der Waals surface area contributed by atoms with Crippen molar-refractivity contribution in [3.8, 4) is 16.9 Å². The van der Waals surface area contributed by atoms with E-state index >= 15 is 4.39 Å². The number of rotatable bonds is 6. The van der Waals surface area contributed by atoms with Gasteiger partial charge in [0, 0.05) is 62.0 Å². The smallest absolute Gasteiger partial charge is 0.263 e. The average molecular weight is 613 g/mol. The Morgan fingerprint density at radius 1 is 1.14 bits per heavy atom. The second-order valence-electron chi connectivity index (χ2n) is 11.3. The largest absolute Gasteiger partial charge is 0.504 e. The molecule has 4 aromatic rings. The fourth-order valence-electron chi connectivity index (χ4n) is 6.12. The van der Waals surface area contributed by atoms with Gasteiger partial charge in [-0.15, -0.1) is 0 Å². The number of fused-ring (bicyclic) bond motifs is 1. The molecule has 2 fully saturated rings. The molecule has 4 N–H and O–H groups in total. The molecule has 3 aromatic heterocycles. The van der Waals surface area contributed by atoms with Crippen molar-refractivity contribution in [2.75, 3.05) is 43.4 Å². The number of pyridine rings is 1. The molecule has 0 radical (unpaired) electrons. The van der Waals surface area contributed by atoms with Crippen LogP contribution >= 0.6 is 11.6 Å². The van der Waals surface area contributed by atoms with E-state index in [0.29, 0.717) is 11.5 Å². The molecule has 0 atom stereocenters. The Hall–Kier alpha value is -4.56. The van der Waals surface area contributed by atoms with E-state index in [2.05, 4.69) is 32.1 Å². The van der Waals surface area contributed by atoms with E-state index in [9.17, 15) is 23.9 Å². The summed E-state index contributed by atoms with van der Waals surface area (Å²) in [6.07, 6.45) is 4.99. The molecule has 2 aliphatic rings. The van der Waals surface area contributed by atoms with Gasteiger partial charge in [0.05, 0.1) is 34.2 Å². The van der Waals surface area contributed by atoms with Crippen molar-refractivity contribution < 1.29 is 23.5 Å². The Labute approximate surface area is 248 Å². The third-order valence-corrected chi connectivity index (χ3v) is 8.38. The predicted molar refractivity (Wildman–Crippen MR) is 155 cm³/mol. The van der Waals surface area contributed by atoms with Gasteiger partial charge in [0.2, 0.25) is 11.7 Å². The number of hydrogen-bond donors (Lipinski definition) is 3. The second-order valence-corrected chi connectivity index (χ2v) is 11.7. The Morgan fingerprint density at radius 3 is 2.58 bits per heavy atom. The molecule has 5 heterocycles. The van der Waals surface area contributed by atoms with Gasteiger partial charge in [-0.25, -0.2) is 14.4 Å². The molecule has 0 bridgehead atoms. The number of likely N-dealkylation sites (tertiary alicyclic amines) is 1. The average Bonchev–Trinajstić information content (AvgIpc) is 3.53. The first-order valence-electron chi connectivity index (χ1n) is 13.3. The molecule has 43 heavy (non-hydrogen) atoms. The summed E-state index contributed by atoms with van der Waals surface area (Å²) in [7, 11) is 3.50. The zero-order chi connectivity index (χ0) is 30.8. The number of hydrogen-bond acceptors (Lipinski definition) is 8. The van der Waals surface area contributed by atoms with Gasteiger partial charge in [-0.3, -0.25) is 14.4 Å². The molecule has 12 nitrogen and oxygen atoms in total. The summed E-state index contributed by atoms with van der Waals surface area (Å²) in [5.74, 6) is -5.53. The van der Waals surface area contributed by atoms with Crippen LogP contribution < -0.4 is 21.5 Å². The fourth-order valence-corrected chi connectivity index (χ4v) is 6.27. The topological polar surface area (TPSA) is 152 Å². The van der Waals surface area contributed by atoms with Crippen molar-refractivity contribution >= 4 is 46.0 Å². The highest BCUT2D eigenvalue weighted by atomic mass is 35.5. The third-order valence-electron chi connectivity index (χ3n) is 8.08. The van der Waals surface area contributed by atoms with Gasteiger partial charge < -0.3 is 35.1 Å². The number of halogens is 3. The number of aromatic nitrogens is 4. The number of amides is 2. The Kier molecular flexibility index (Phi) is 6.85. The molecule has 0 saturated carbocycles. The quantitative estimate of drug-likeness (QED) is 0.300. The number of benzene rings is 1. The summed E-state index contributed by atoms with van der Waals surface area (Å²) in [5, 5.41) is 12.7. The molecule has 0 aliphatic carbocycles. The first kappa shape index (κ1) is 28.6. The highest BCUT2D eigenvalue weighted by Crippen LogP contribution is 2.41. The van der Waals surface area contributed by atoms with Gasteiger partial charge >= 0.3 is 0 Å². The lowest BCUT2D eigenvalue weighted by Crippen LogP contribution is -2.55. The van der Waals surface area contributed by atoms with Gasteiger partial charge in [-0.1, -0.05) is 11.6 Å². The van der Waals surface area contributed by atoms with Gasteiger partial charge in [0.1, 0.15) is 18.0 Å². The Balaban J connectivity index is 1.32. The highest BCUT2D eigenvalue weighted by molar-refractivity contribution is 6.33. The van der Waals surface area contributed by atoms with Crippen molar-refractivity contribution in [2.24, 2.45) is 18.2 Å². The van der Waals surface area contributed by atoms with E-state index in [-0.39, 0.29) is 33.6 Å². The van der Waals surface area contributed by atoms with Gasteiger partial charge in [0.25, 0.3) is 11.5 Å². The molecule has 2 aliphatic heterocycles. The summed E-state index contributed by atoms with van der Waals surface area (Å²) >= 11 is 6.37. The van der Waals surface area contributed by atoms with Crippen LogP contribution in [0.15, 0.2) is 35.6 Å². The molecule has 6 rings (SSSR count). The van der Waals surface area contributed by atoms with Crippen LogP contribution in [-0.2, 0) is 18.4 Å². The van der Waals surface area contributed by atoms with E-state index in [0.717, 1.165) is 43.2 Å². The fraction of sp³-hybridized carbons (Fsp3) is 0.321. The molecule has 2 saturated heterocycles. The van der Waals surface area contributed by atoms with E-state index in [1.165, 1.54) is 30.3 Å². The maximum absolute atomic E-state index is 15.1. The predicted octanol–water partition coefficient (Wildman–Crippen LogP) is 2.31. The minimum atomic E-state index is -1.71. The molecule has 1 aromatic carbocycles. The van der Waals surface area contributed by atoms with Crippen LogP contribution in [0, 0.1) is 17.0 Å². The first-order valence-corrected chi connectivity index (χ1v) is 13.7. The molecule has 2 amide bonds. The number of phenols is 1. The van der Waals surface area contributed by atoms with Crippen molar-refractivity contribution in [1.29, 1.82) is 0 Å². The zero-order valence-corrected chi connectivity index (χ0v) is 24.0. The Bertz CT molecular complexity index is 1890. The summed E-state index contributed by atoms with van der Waals surface area (Å²) < 4.78 is 32.1. The minimum Gasteiger partial charge on any atom is -0.504 e. The molecule has 0 unspecified atom stereocenters. The van der Waals surface area contributed by atoms with Crippen LogP contribution in [0.3, 0.4) is 0 Å². The summed E-state index contributed by atoms with van der Waals surface area (Å²) in [6, 6.07) is 2.55. The van der Waals surface area contributed by atoms with Crippen LogP contribution in [0.5, 0.6) is 5.75 Å². The molecule has 1 spiro atoms. The van der Waals surface area contributed by atoms with Crippen molar-refractivity contribution in [2.45, 2.75) is 13.0 Å². The lowest BCUT2D eigenvalue weighted by Gasteiger charge is -2.46. The highest BCUT2D eigenvalue weighted by Gasteiger charge is 2.46. The van der Waals surface area contributed by atoms with Crippen LogP contribution in [0.2, 0.25) is 5.02 Å². The lowest BCUT2D eigenvalue weighted by atomic mass is 9.79. The number of aryl methyl sites for hydroxylation is 1. The van der Waals surface area contributed by atoms with Crippen LogP contribution in [0.1, 0.15) is 16.8 Å². The molecular weight excluding hydrogens is 586 g/mol. The lowest BCUT2D eigenvalue weighted by molar-refractivity contribution is -0.116. The normalized spacial score (nSPS) is 16.2. The van der Waals surface area contributed by atoms with Gasteiger partial charge in [-0.05, 0) is 19.5 Å². The summed E-state index contributed by atoms with van der Waals surface area (Å²) in [5.41, 5.74) is 3.88. The van der Waals surface area contributed by atoms with Crippen molar-refractivity contribution in [3.63, 3.8) is 0 Å². The number of primary amides is 1. The van der Waals surface area contributed by atoms with E-state index < -0.39 is 45.9 Å². The minimum absolute atomic E-state index is 0.0103. The SMILES string of the molecule is CN1CC2(CCN(c3cc(NC(=O)Cn4cc(-c5cc(C(N)=O)c(O)c(F)c5F)c5c(=O)n(C)cnc54)c(Cl)cn3)C2)C1. The second kappa shape index (κ2) is 10.3. The number of nitrogens with zero attached hydrogens (tertiary/aromatic N) is 6. The van der Waals surface area contributed by atoms with Crippen LogP contribution in [-0.4, -0.2) is 74.1 Å². The van der Waals surface area contributed by atoms with Crippen molar-refractivity contribution in [3.05, 3.63) is 63.4 Å². The number of anilines is 2. The summed E-state index contributed by atoms with van der Waals surface area (Å²) in [6.45, 7) is 3.35. The standard InChI is InChI=1S/C28H27ClF2N8O4/c1-36-10-28(11-36)3-4-38(12-28)19-6-18(17(29)7-33-19)35-20(40)9-39-8-16(21-26(39)34-13-37(2)27(21)43)14-5-15(25(32)42)24(41)23(31)22(14)30/h5-8,13,41H,3-4,9-12H2,1-2H3,(H2,32,42)(H,33,35,40). The monoisotopic (exact) mass is 612 g/mol. The third kappa shape index (κ3) is 4.85. The van der Waals surface area contributed by atoms with E-state index in [1.807, 2.05) is 0 Å². The maximum Gasteiger partial charge on any atom is 0.263 e. The van der Waals surface area contributed by atoms with Crippen LogP contribution in [0.25, 0.3) is 22.2 Å². The molecule has 15 heteroatoms. The molecule has 224 valence electrons. The van der Waals surface area contributed by atoms with Crippen molar-refractivity contribution in [1.82, 2.24) is 24.0 Å². The summed E-state index contributed by atoms with van der Waals surface area (Å²) in [4.78, 5) is 51.3. The number of carbonyl (C=O) groups is 2. The van der Waals surface area contributed by atoms with Gasteiger partial charge in [-0.2, -0.15) is 4.39 Å². The van der Waals surface area contributed by atoms with Gasteiger partial charge in [0.15, 0.2) is 11.6 Å². The maximum atomic E-state index is 15.1. The first-order chi connectivity index (χ1) is 20.4. The molecular formula is C28H27ClF2N8O4. The number of aromatic hydroxyl groups is 1. The Morgan fingerprint density at radius 2 is 1.88 bits per heavy atom. The van der Waals surface area contributed by atoms with Crippen LogP contribution in [0.4, 0.5) is 20.3 Å². The number of nitrogens with two attached hydrogens (primary N) is 1. The zero-order valence-electron chi connectivity index (χ0n) is 23.2. The number of nitrogens with one attached hydrogen (secondary N) is 1. The number of carbonyl (C=O) groups excluding carboxylic acids is 2. The van der Waals surface area contributed by atoms with E-state index in [4.69, 9.17) is 17.3 Å².